The number of benzene rings is 2. The molecule has 1 amide bonds. The number of aliphatic hydroxyl groups excluding tert-OH is 1. The standard InChI is InChI=1S/C18H17NO3/c20-11-16(13-6-2-1-3-7-13)19-18(21)15-10-14-8-4-5-9-17(14)22-12-15/h1-10,16,20H,11-12H2,(H,19,21). The van der Waals surface area contributed by atoms with Gasteiger partial charge >= 0.3 is 0 Å². The van der Waals surface area contributed by atoms with Crippen LogP contribution in [0.5, 0.6) is 5.75 Å². The van der Waals surface area contributed by atoms with Crippen LogP contribution in [-0.4, -0.2) is 24.2 Å². The first-order valence-corrected chi connectivity index (χ1v) is 7.17. The number of amides is 1. The van der Waals surface area contributed by atoms with Crippen molar-refractivity contribution in [3.8, 4) is 5.75 Å². The van der Waals surface area contributed by atoms with Crippen LogP contribution in [-0.2, 0) is 4.79 Å². The molecule has 2 N–H and O–H groups in total. The van der Waals surface area contributed by atoms with Crippen molar-refractivity contribution >= 4 is 12.0 Å². The molecule has 0 saturated heterocycles. The van der Waals surface area contributed by atoms with Gasteiger partial charge in [-0.15, -0.1) is 0 Å². The van der Waals surface area contributed by atoms with E-state index in [2.05, 4.69) is 5.32 Å². The normalized spacial score (nSPS) is 14.3. The predicted molar refractivity (Wildman–Crippen MR) is 84.3 cm³/mol. The second-order valence-corrected chi connectivity index (χ2v) is 5.12. The van der Waals surface area contributed by atoms with E-state index in [1.807, 2.05) is 60.7 Å². The molecule has 1 atom stereocenters. The second-order valence-electron chi connectivity index (χ2n) is 5.12. The lowest BCUT2D eigenvalue weighted by atomic mass is 10.0. The summed E-state index contributed by atoms with van der Waals surface area (Å²) in [6.45, 7) is 0.0796. The van der Waals surface area contributed by atoms with Gasteiger partial charge in [0.25, 0.3) is 5.91 Å². The molecule has 0 aromatic heterocycles. The number of para-hydroxylation sites is 1. The van der Waals surface area contributed by atoms with E-state index >= 15 is 0 Å². The monoisotopic (exact) mass is 295 g/mol. The molecule has 1 unspecified atom stereocenters. The predicted octanol–water partition coefficient (Wildman–Crippen LogP) is 2.31. The molecule has 3 rings (SSSR count). The van der Waals surface area contributed by atoms with Crippen LogP contribution in [0.25, 0.3) is 6.08 Å². The van der Waals surface area contributed by atoms with Crippen molar-refractivity contribution in [2.24, 2.45) is 0 Å². The third-order valence-corrected chi connectivity index (χ3v) is 3.61. The van der Waals surface area contributed by atoms with Crippen LogP contribution in [0.15, 0.2) is 60.2 Å². The summed E-state index contributed by atoms with van der Waals surface area (Å²) in [5.74, 6) is 0.554. The Kier molecular flexibility index (Phi) is 4.21. The minimum absolute atomic E-state index is 0.152. The number of rotatable bonds is 4. The van der Waals surface area contributed by atoms with Gasteiger partial charge in [-0.05, 0) is 17.7 Å². The van der Waals surface area contributed by atoms with Crippen molar-refractivity contribution < 1.29 is 14.6 Å². The largest absolute Gasteiger partial charge is 0.488 e. The van der Waals surface area contributed by atoms with Crippen molar-refractivity contribution in [2.45, 2.75) is 6.04 Å². The highest BCUT2D eigenvalue weighted by Crippen LogP contribution is 2.26. The molecule has 1 heterocycles. The molecule has 2 aromatic carbocycles. The summed E-state index contributed by atoms with van der Waals surface area (Å²) in [4.78, 5) is 12.4. The zero-order chi connectivity index (χ0) is 15.4. The van der Waals surface area contributed by atoms with Crippen molar-refractivity contribution in [3.63, 3.8) is 0 Å². The molecular formula is C18H17NO3. The van der Waals surface area contributed by atoms with Crippen LogP contribution in [0.4, 0.5) is 0 Å². The summed E-state index contributed by atoms with van der Waals surface area (Å²) >= 11 is 0. The van der Waals surface area contributed by atoms with E-state index < -0.39 is 6.04 Å². The Bertz CT molecular complexity index is 694. The first-order chi connectivity index (χ1) is 10.8. The maximum atomic E-state index is 12.4. The smallest absolute Gasteiger partial charge is 0.251 e. The third kappa shape index (κ3) is 3.02. The number of carbonyl (C=O) groups excluding carboxylic acids is 1. The van der Waals surface area contributed by atoms with Gasteiger partial charge in [-0.25, -0.2) is 0 Å². The first kappa shape index (κ1) is 14.4. The molecule has 0 saturated carbocycles. The summed E-state index contributed by atoms with van der Waals surface area (Å²) in [6.07, 6.45) is 1.83. The highest BCUT2D eigenvalue weighted by atomic mass is 16.5. The molecule has 2 aromatic rings. The molecule has 4 heteroatoms. The fraction of sp³-hybridized carbons (Fsp3) is 0.167. The van der Waals surface area contributed by atoms with Crippen LogP contribution < -0.4 is 10.1 Å². The van der Waals surface area contributed by atoms with Gasteiger partial charge in [-0.2, -0.15) is 0 Å². The highest BCUT2D eigenvalue weighted by molar-refractivity contribution is 5.99. The summed E-state index contributed by atoms with van der Waals surface area (Å²) in [7, 11) is 0. The quantitative estimate of drug-likeness (QED) is 0.910. The SMILES string of the molecule is O=C(NC(CO)c1ccccc1)C1=Cc2ccccc2OC1. The minimum Gasteiger partial charge on any atom is -0.488 e. The maximum Gasteiger partial charge on any atom is 0.251 e. The van der Waals surface area contributed by atoms with Gasteiger partial charge in [0.05, 0.1) is 18.2 Å². The fourth-order valence-corrected chi connectivity index (χ4v) is 2.42. The van der Waals surface area contributed by atoms with Crippen molar-refractivity contribution in [1.29, 1.82) is 0 Å². The van der Waals surface area contributed by atoms with E-state index in [0.717, 1.165) is 16.9 Å². The topological polar surface area (TPSA) is 58.6 Å². The minimum atomic E-state index is -0.424. The Morgan fingerprint density at radius 3 is 2.64 bits per heavy atom. The van der Waals surface area contributed by atoms with Crippen LogP contribution in [0.3, 0.4) is 0 Å². The van der Waals surface area contributed by atoms with Gasteiger partial charge in [-0.3, -0.25) is 4.79 Å². The van der Waals surface area contributed by atoms with Crippen LogP contribution in [0.1, 0.15) is 17.2 Å². The lowest BCUT2D eigenvalue weighted by molar-refractivity contribution is -0.118. The molecule has 1 aliphatic heterocycles. The van der Waals surface area contributed by atoms with Crippen LogP contribution >= 0.6 is 0 Å². The Morgan fingerprint density at radius 2 is 1.86 bits per heavy atom. The van der Waals surface area contributed by atoms with E-state index in [1.54, 1.807) is 0 Å². The Labute approximate surface area is 129 Å². The highest BCUT2D eigenvalue weighted by Gasteiger charge is 2.20. The number of hydrogen-bond donors (Lipinski definition) is 2. The van der Waals surface area contributed by atoms with E-state index in [9.17, 15) is 9.90 Å². The summed E-state index contributed by atoms with van der Waals surface area (Å²) < 4.78 is 5.59. The number of aliphatic hydroxyl groups is 1. The van der Waals surface area contributed by atoms with Gasteiger partial charge in [0, 0.05) is 5.56 Å². The van der Waals surface area contributed by atoms with E-state index in [1.165, 1.54) is 0 Å². The molecule has 112 valence electrons. The summed E-state index contributed by atoms with van der Waals surface area (Å²) in [6, 6.07) is 16.6. The van der Waals surface area contributed by atoms with E-state index in [4.69, 9.17) is 4.74 Å². The molecule has 4 nitrogen and oxygen atoms in total. The van der Waals surface area contributed by atoms with Gasteiger partial charge in [0.15, 0.2) is 0 Å². The fourth-order valence-electron chi connectivity index (χ4n) is 2.42. The average molecular weight is 295 g/mol. The lowest BCUT2D eigenvalue weighted by Gasteiger charge is -2.21. The number of nitrogens with one attached hydrogen (secondary N) is 1. The molecule has 0 fully saturated rings. The number of fused-ring (bicyclic) bond motifs is 1. The maximum absolute atomic E-state index is 12.4. The van der Waals surface area contributed by atoms with E-state index in [0.29, 0.717) is 5.57 Å². The van der Waals surface area contributed by atoms with E-state index in [-0.39, 0.29) is 19.1 Å². The van der Waals surface area contributed by atoms with Gasteiger partial charge in [-0.1, -0.05) is 48.5 Å². The van der Waals surface area contributed by atoms with Gasteiger partial charge in [0.1, 0.15) is 12.4 Å². The Hall–Kier alpha value is -2.59. The van der Waals surface area contributed by atoms with Gasteiger partial charge < -0.3 is 15.2 Å². The van der Waals surface area contributed by atoms with Gasteiger partial charge in [0.2, 0.25) is 0 Å². The van der Waals surface area contributed by atoms with Crippen LogP contribution in [0, 0.1) is 0 Å². The molecule has 1 aliphatic rings. The Balaban J connectivity index is 1.76. The van der Waals surface area contributed by atoms with Crippen molar-refractivity contribution in [1.82, 2.24) is 5.32 Å². The van der Waals surface area contributed by atoms with Crippen molar-refractivity contribution in [2.75, 3.05) is 13.2 Å². The zero-order valence-corrected chi connectivity index (χ0v) is 12.0. The first-order valence-electron chi connectivity index (χ1n) is 7.17. The third-order valence-electron chi connectivity index (χ3n) is 3.61. The lowest BCUT2D eigenvalue weighted by Crippen LogP contribution is -2.33. The Morgan fingerprint density at radius 1 is 1.14 bits per heavy atom. The number of carbonyl (C=O) groups is 1. The molecule has 0 spiro atoms. The molecule has 0 aliphatic carbocycles. The number of hydrogen-bond acceptors (Lipinski definition) is 3. The average Bonchev–Trinajstić information content (AvgIpc) is 2.59. The molecule has 0 radical (unpaired) electrons. The molecule has 0 bridgehead atoms. The summed E-state index contributed by atoms with van der Waals surface area (Å²) in [5.41, 5.74) is 2.31. The van der Waals surface area contributed by atoms with Crippen LogP contribution in [0.2, 0.25) is 0 Å². The molecular weight excluding hydrogens is 278 g/mol. The number of ether oxygens (including phenoxy) is 1. The van der Waals surface area contributed by atoms with Crippen molar-refractivity contribution in [3.05, 3.63) is 71.3 Å². The zero-order valence-electron chi connectivity index (χ0n) is 12.0. The summed E-state index contributed by atoms with van der Waals surface area (Å²) in [5, 5.41) is 12.4. The second kappa shape index (κ2) is 6.45. The molecule has 22 heavy (non-hydrogen) atoms.